The van der Waals surface area contributed by atoms with E-state index >= 15 is 0 Å². The van der Waals surface area contributed by atoms with Gasteiger partial charge >= 0.3 is 0 Å². The van der Waals surface area contributed by atoms with Crippen LogP contribution in [-0.2, 0) is 4.79 Å². The van der Waals surface area contributed by atoms with E-state index in [1.54, 1.807) is 17.8 Å². The summed E-state index contributed by atoms with van der Waals surface area (Å²) < 4.78 is 14.0. The van der Waals surface area contributed by atoms with E-state index in [1.807, 2.05) is 6.08 Å². The Kier molecular flexibility index (Phi) is 3.63. The molecule has 4 aliphatic rings. The second kappa shape index (κ2) is 5.40. The van der Waals surface area contributed by atoms with Gasteiger partial charge in [-0.15, -0.1) is 11.8 Å². The van der Waals surface area contributed by atoms with Crippen LogP contribution >= 0.6 is 11.8 Å². The summed E-state index contributed by atoms with van der Waals surface area (Å²) >= 11 is 1.66. The van der Waals surface area contributed by atoms with Gasteiger partial charge in [0.25, 0.3) is 0 Å². The lowest BCUT2D eigenvalue weighted by Gasteiger charge is -2.41. The normalized spacial score (nSPS) is 36.0. The molecule has 0 heterocycles. The molecule has 0 aromatic heterocycles. The molecule has 22 heavy (non-hydrogen) atoms. The zero-order valence-electron chi connectivity index (χ0n) is 12.9. The van der Waals surface area contributed by atoms with Crippen LogP contribution in [0.5, 0.6) is 0 Å². The Hall–Kier alpha value is -0.770. The van der Waals surface area contributed by atoms with Gasteiger partial charge in [-0.3, -0.25) is 4.79 Å². The zero-order chi connectivity index (χ0) is 15.2. The standard InChI is InChI=1S/C18H24FNOS.H2/c19-17-8-6-13(17)12-15(7-9-17)22-18(10-11-18)16(21)20-14-4-2-1-3-5-14;/h7,9,12-14H,1-6,8,10-11H2,(H,20,21);1H. The van der Waals surface area contributed by atoms with Gasteiger partial charge in [0.1, 0.15) is 5.67 Å². The van der Waals surface area contributed by atoms with Crippen LogP contribution < -0.4 is 5.32 Å². The topological polar surface area (TPSA) is 29.1 Å². The highest BCUT2D eigenvalue weighted by atomic mass is 32.2. The highest BCUT2D eigenvalue weighted by molar-refractivity contribution is 8.05. The van der Waals surface area contributed by atoms with E-state index in [2.05, 4.69) is 11.4 Å². The predicted octanol–water partition coefficient (Wildman–Crippen LogP) is 4.52. The van der Waals surface area contributed by atoms with E-state index in [4.69, 9.17) is 0 Å². The van der Waals surface area contributed by atoms with Gasteiger partial charge in [0, 0.05) is 18.3 Å². The molecule has 2 unspecified atom stereocenters. The summed E-state index contributed by atoms with van der Waals surface area (Å²) in [5.74, 6) is 0.251. The maximum absolute atomic E-state index is 14.2. The molecule has 1 amide bonds. The molecule has 122 valence electrons. The zero-order valence-corrected chi connectivity index (χ0v) is 13.8. The third kappa shape index (κ3) is 2.64. The van der Waals surface area contributed by atoms with Crippen molar-refractivity contribution in [3.8, 4) is 0 Å². The molecule has 4 rings (SSSR count). The SMILES string of the molecule is O=C(NC1CCCCC1)C1(SC2=CC3CCC3(F)C=C2)CC1.[HH]. The van der Waals surface area contributed by atoms with Crippen molar-refractivity contribution in [3.63, 3.8) is 0 Å². The van der Waals surface area contributed by atoms with Crippen LogP contribution in [0.3, 0.4) is 0 Å². The molecule has 3 fully saturated rings. The summed E-state index contributed by atoms with van der Waals surface area (Å²) in [4.78, 5) is 13.7. The van der Waals surface area contributed by atoms with Crippen molar-refractivity contribution in [2.45, 2.75) is 74.2 Å². The first-order valence-electron chi connectivity index (χ1n) is 8.70. The number of thioether (sulfide) groups is 1. The van der Waals surface area contributed by atoms with Gasteiger partial charge in [0.15, 0.2) is 0 Å². The molecule has 2 atom stereocenters. The maximum Gasteiger partial charge on any atom is 0.236 e. The molecule has 3 saturated carbocycles. The molecule has 4 aliphatic carbocycles. The average Bonchev–Trinajstić information content (AvgIpc) is 3.29. The van der Waals surface area contributed by atoms with Gasteiger partial charge in [-0.25, -0.2) is 4.39 Å². The van der Waals surface area contributed by atoms with Crippen LogP contribution in [0.25, 0.3) is 0 Å². The molecule has 1 N–H and O–H groups in total. The van der Waals surface area contributed by atoms with Crippen molar-refractivity contribution in [2.24, 2.45) is 5.92 Å². The predicted molar refractivity (Wildman–Crippen MR) is 90.5 cm³/mol. The van der Waals surface area contributed by atoms with Crippen LogP contribution in [0.2, 0.25) is 0 Å². The highest BCUT2D eigenvalue weighted by Crippen LogP contribution is 2.55. The summed E-state index contributed by atoms with van der Waals surface area (Å²) in [7, 11) is 0. The number of hydrogen-bond acceptors (Lipinski definition) is 2. The lowest BCUT2D eigenvalue weighted by Crippen LogP contribution is -2.43. The molecular formula is C18H26FNOS. The van der Waals surface area contributed by atoms with Crippen LogP contribution in [-0.4, -0.2) is 22.4 Å². The first kappa shape index (κ1) is 14.8. The third-order valence-corrected chi connectivity index (χ3v) is 7.21. The molecule has 4 heteroatoms. The Morgan fingerprint density at radius 2 is 2.00 bits per heavy atom. The number of fused-ring (bicyclic) bond motifs is 1. The molecule has 0 aliphatic heterocycles. The summed E-state index contributed by atoms with van der Waals surface area (Å²) in [5, 5.41) is 3.27. The Labute approximate surface area is 137 Å². The molecule has 0 saturated heterocycles. The van der Waals surface area contributed by atoms with Gasteiger partial charge in [0.05, 0.1) is 4.75 Å². The monoisotopic (exact) mass is 323 g/mol. The maximum atomic E-state index is 14.2. The summed E-state index contributed by atoms with van der Waals surface area (Å²) in [6, 6.07) is 0.375. The van der Waals surface area contributed by atoms with Gasteiger partial charge < -0.3 is 5.32 Å². The summed E-state index contributed by atoms with van der Waals surface area (Å²) in [5.41, 5.74) is -1.09. The number of nitrogens with one attached hydrogen (secondary N) is 1. The van der Waals surface area contributed by atoms with Crippen molar-refractivity contribution in [3.05, 3.63) is 23.1 Å². The number of rotatable bonds is 4. The first-order chi connectivity index (χ1) is 10.6. The summed E-state index contributed by atoms with van der Waals surface area (Å²) in [6.07, 6.45) is 15.2. The van der Waals surface area contributed by atoms with Gasteiger partial charge in [-0.2, -0.15) is 0 Å². The van der Waals surface area contributed by atoms with Crippen LogP contribution in [0.15, 0.2) is 23.1 Å². The average molecular weight is 323 g/mol. The molecule has 0 spiro atoms. The fourth-order valence-corrected chi connectivity index (χ4v) is 5.11. The number of hydrogen-bond donors (Lipinski definition) is 1. The number of carbonyl (C=O) groups excluding carboxylic acids is 1. The highest BCUT2D eigenvalue weighted by Gasteiger charge is 2.53. The molecule has 0 radical (unpaired) electrons. The van der Waals surface area contributed by atoms with Crippen LogP contribution in [0, 0.1) is 5.92 Å². The fourth-order valence-electron chi connectivity index (χ4n) is 3.84. The van der Waals surface area contributed by atoms with Crippen molar-refractivity contribution >= 4 is 17.7 Å². The van der Waals surface area contributed by atoms with E-state index in [0.29, 0.717) is 12.5 Å². The van der Waals surface area contributed by atoms with E-state index < -0.39 is 5.67 Å². The van der Waals surface area contributed by atoms with Crippen LogP contribution in [0.4, 0.5) is 4.39 Å². The molecular weight excluding hydrogens is 297 g/mol. The quantitative estimate of drug-likeness (QED) is 0.824. The van der Waals surface area contributed by atoms with E-state index in [-0.39, 0.29) is 18.0 Å². The lowest BCUT2D eigenvalue weighted by atomic mass is 9.69. The third-order valence-electron chi connectivity index (χ3n) is 5.72. The minimum absolute atomic E-state index is 0. The number of alkyl halides is 1. The van der Waals surface area contributed by atoms with Gasteiger partial charge in [-0.05, 0) is 50.7 Å². The Balaban J connectivity index is 0.00000156. The minimum atomic E-state index is -1.09. The number of carbonyl (C=O) groups is 1. The number of allylic oxidation sites excluding steroid dienone is 3. The van der Waals surface area contributed by atoms with E-state index in [1.165, 1.54) is 19.3 Å². The van der Waals surface area contributed by atoms with Crippen LogP contribution in [0.1, 0.15) is 59.2 Å². The Morgan fingerprint density at radius 1 is 1.23 bits per heavy atom. The number of amides is 1. The fraction of sp³-hybridized carbons (Fsp3) is 0.722. The lowest BCUT2D eigenvalue weighted by molar-refractivity contribution is -0.122. The smallest absolute Gasteiger partial charge is 0.236 e. The van der Waals surface area contributed by atoms with Crippen molar-refractivity contribution < 1.29 is 10.6 Å². The summed E-state index contributed by atoms with van der Waals surface area (Å²) in [6.45, 7) is 0. The number of halogens is 1. The molecule has 0 aromatic rings. The second-order valence-electron chi connectivity index (χ2n) is 7.38. The van der Waals surface area contributed by atoms with E-state index in [0.717, 1.165) is 37.0 Å². The molecule has 2 nitrogen and oxygen atoms in total. The van der Waals surface area contributed by atoms with Crippen molar-refractivity contribution in [2.75, 3.05) is 0 Å². The van der Waals surface area contributed by atoms with Crippen molar-refractivity contribution in [1.29, 1.82) is 0 Å². The van der Waals surface area contributed by atoms with E-state index in [9.17, 15) is 9.18 Å². The minimum Gasteiger partial charge on any atom is -0.352 e. The van der Waals surface area contributed by atoms with Gasteiger partial charge in [0.2, 0.25) is 5.91 Å². The van der Waals surface area contributed by atoms with Gasteiger partial charge in [-0.1, -0.05) is 25.3 Å². The molecule has 0 bridgehead atoms. The Bertz CT molecular complexity index is 539. The second-order valence-corrected chi connectivity index (χ2v) is 8.84. The largest absolute Gasteiger partial charge is 0.352 e. The Morgan fingerprint density at radius 3 is 2.59 bits per heavy atom. The first-order valence-corrected chi connectivity index (χ1v) is 9.51. The van der Waals surface area contributed by atoms with Crippen molar-refractivity contribution in [1.82, 2.24) is 5.32 Å². The molecule has 0 aromatic carbocycles.